The van der Waals surface area contributed by atoms with Crippen molar-refractivity contribution in [2.75, 3.05) is 29.5 Å². The summed E-state index contributed by atoms with van der Waals surface area (Å²) < 4.78 is 32.3. The van der Waals surface area contributed by atoms with Crippen molar-refractivity contribution in [3.05, 3.63) is 53.6 Å². The first-order valence-electron chi connectivity index (χ1n) is 7.91. The quantitative estimate of drug-likeness (QED) is 0.857. The zero-order valence-corrected chi connectivity index (χ0v) is 15.0. The number of anilines is 2. The number of likely N-dealkylation sites (N-methyl/N-ethyl adjacent to an activating group) is 1. The van der Waals surface area contributed by atoms with Crippen LogP contribution < -0.4 is 14.4 Å². The van der Waals surface area contributed by atoms with E-state index in [0.717, 1.165) is 22.6 Å². The van der Waals surface area contributed by atoms with Gasteiger partial charge in [0.15, 0.2) is 0 Å². The molecule has 2 aromatic carbocycles. The van der Waals surface area contributed by atoms with E-state index in [1.807, 2.05) is 24.3 Å². The van der Waals surface area contributed by atoms with Gasteiger partial charge in [0.1, 0.15) is 5.75 Å². The summed E-state index contributed by atoms with van der Waals surface area (Å²) in [6.07, 6.45) is 0.707. The Kier molecular flexibility index (Phi) is 4.67. The molecule has 2 aromatic rings. The lowest BCUT2D eigenvalue weighted by Gasteiger charge is -2.12. The van der Waals surface area contributed by atoms with Crippen molar-refractivity contribution < 1.29 is 17.9 Å². The van der Waals surface area contributed by atoms with Crippen LogP contribution in [0, 0.1) is 0 Å². The molecule has 1 aliphatic rings. The fraction of sp³-hybridized carbons (Fsp3) is 0.278. The van der Waals surface area contributed by atoms with Gasteiger partial charge >= 0.3 is 0 Å². The summed E-state index contributed by atoms with van der Waals surface area (Å²) >= 11 is 0. The molecule has 7 heteroatoms. The summed E-state index contributed by atoms with van der Waals surface area (Å²) in [5.74, 6) is 0.729. The van der Waals surface area contributed by atoms with Crippen molar-refractivity contribution in [1.82, 2.24) is 0 Å². The van der Waals surface area contributed by atoms with Crippen LogP contribution in [0.5, 0.6) is 5.75 Å². The minimum Gasteiger partial charge on any atom is -0.497 e. The van der Waals surface area contributed by atoms with E-state index >= 15 is 0 Å². The number of carbonyl (C=O) groups excluding carboxylic acids is 1. The lowest BCUT2D eigenvalue weighted by molar-refractivity contribution is -0.117. The van der Waals surface area contributed by atoms with Crippen molar-refractivity contribution in [2.45, 2.75) is 12.8 Å². The number of methoxy groups -OCH3 is 1. The normalized spacial score (nSPS) is 13.7. The summed E-state index contributed by atoms with van der Waals surface area (Å²) in [5, 5.41) is 0. The van der Waals surface area contributed by atoms with E-state index in [2.05, 4.69) is 4.72 Å². The van der Waals surface area contributed by atoms with E-state index in [1.54, 1.807) is 37.3 Å². The maximum absolute atomic E-state index is 12.3. The van der Waals surface area contributed by atoms with Crippen LogP contribution in [0.15, 0.2) is 42.5 Å². The van der Waals surface area contributed by atoms with Gasteiger partial charge in [0, 0.05) is 18.4 Å². The van der Waals surface area contributed by atoms with E-state index in [0.29, 0.717) is 18.5 Å². The molecule has 0 saturated carbocycles. The minimum atomic E-state index is -3.47. The Morgan fingerprint density at radius 2 is 1.88 bits per heavy atom. The predicted molar refractivity (Wildman–Crippen MR) is 97.7 cm³/mol. The van der Waals surface area contributed by atoms with Crippen molar-refractivity contribution in [1.29, 1.82) is 0 Å². The second-order valence-electron chi connectivity index (χ2n) is 5.99. The summed E-state index contributed by atoms with van der Waals surface area (Å²) in [5.41, 5.74) is 3.07. The number of benzene rings is 2. The summed E-state index contributed by atoms with van der Waals surface area (Å²) in [6.45, 7) is 0. The zero-order chi connectivity index (χ0) is 18.0. The van der Waals surface area contributed by atoms with Gasteiger partial charge in [-0.25, -0.2) is 8.42 Å². The molecule has 0 spiro atoms. The van der Waals surface area contributed by atoms with E-state index in [-0.39, 0.29) is 11.7 Å². The van der Waals surface area contributed by atoms with Crippen LogP contribution in [0.1, 0.15) is 11.1 Å². The van der Waals surface area contributed by atoms with E-state index in [4.69, 9.17) is 4.74 Å². The molecule has 0 aromatic heterocycles. The Bertz CT molecular complexity index is 892. The maximum atomic E-state index is 12.3. The molecule has 0 fully saturated rings. The Morgan fingerprint density at radius 3 is 2.56 bits per heavy atom. The van der Waals surface area contributed by atoms with Crippen molar-refractivity contribution in [2.24, 2.45) is 0 Å². The van der Waals surface area contributed by atoms with Gasteiger partial charge in [-0.2, -0.15) is 0 Å². The minimum absolute atomic E-state index is 0.00881. The number of hydrogen-bond donors (Lipinski definition) is 1. The third-order valence-corrected chi connectivity index (χ3v) is 5.54. The SMILES string of the molecule is COc1ccc(CCS(=O)(=O)Nc2ccc3c(c2)CC(=O)N3C)cc1. The monoisotopic (exact) mass is 360 g/mol. The van der Waals surface area contributed by atoms with Crippen LogP contribution in [0.3, 0.4) is 0 Å². The highest BCUT2D eigenvalue weighted by Crippen LogP contribution is 2.30. The first-order valence-corrected chi connectivity index (χ1v) is 9.56. The molecule has 0 bridgehead atoms. The molecule has 0 aliphatic carbocycles. The molecule has 0 saturated heterocycles. The van der Waals surface area contributed by atoms with Gasteiger partial charge in [-0.1, -0.05) is 12.1 Å². The lowest BCUT2D eigenvalue weighted by atomic mass is 10.1. The molecule has 132 valence electrons. The van der Waals surface area contributed by atoms with Gasteiger partial charge in [0.25, 0.3) is 0 Å². The molecule has 1 heterocycles. The van der Waals surface area contributed by atoms with Gasteiger partial charge in [-0.3, -0.25) is 9.52 Å². The summed E-state index contributed by atoms with van der Waals surface area (Å²) in [6, 6.07) is 12.5. The molecule has 25 heavy (non-hydrogen) atoms. The average molecular weight is 360 g/mol. The molecule has 1 N–H and O–H groups in total. The van der Waals surface area contributed by atoms with Gasteiger partial charge in [-0.05, 0) is 47.9 Å². The molecule has 0 atom stereocenters. The summed E-state index contributed by atoms with van der Waals surface area (Å²) in [7, 11) is -0.169. The van der Waals surface area contributed by atoms with Crippen LogP contribution in [0.25, 0.3) is 0 Å². The molecule has 0 radical (unpaired) electrons. The number of carbonyl (C=O) groups is 1. The third kappa shape index (κ3) is 3.93. The van der Waals surface area contributed by atoms with Crippen molar-refractivity contribution in [3.63, 3.8) is 0 Å². The number of nitrogens with one attached hydrogen (secondary N) is 1. The number of ether oxygens (including phenoxy) is 1. The Hall–Kier alpha value is -2.54. The molecule has 1 amide bonds. The number of rotatable bonds is 6. The van der Waals surface area contributed by atoms with Gasteiger partial charge in [0.05, 0.1) is 19.3 Å². The smallest absolute Gasteiger partial charge is 0.233 e. The maximum Gasteiger partial charge on any atom is 0.233 e. The fourth-order valence-corrected chi connectivity index (χ4v) is 3.90. The highest BCUT2D eigenvalue weighted by Gasteiger charge is 2.24. The molecule has 1 aliphatic heterocycles. The first-order chi connectivity index (χ1) is 11.9. The van der Waals surface area contributed by atoms with Crippen LogP contribution in [-0.2, 0) is 27.7 Å². The molecule has 0 unspecified atom stereocenters. The topological polar surface area (TPSA) is 75.7 Å². The lowest BCUT2D eigenvalue weighted by Crippen LogP contribution is -2.20. The average Bonchev–Trinajstić information content (AvgIpc) is 2.87. The van der Waals surface area contributed by atoms with Gasteiger partial charge in [-0.15, -0.1) is 0 Å². The summed E-state index contributed by atoms with van der Waals surface area (Å²) in [4.78, 5) is 13.3. The Morgan fingerprint density at radius 1 is 1.16 bits per heavy atom. The van der Waals surface area contributed by atoms with Crippen LogP contribution >= 0.6 is 0 Å². The Labute approximate surface area is 147 Å². The number of sulfonamides is 1. The van der Waals surface area contributed by atoms with Crippen LogP contribution in [-0.4, -0.2) is 34.2 Å². The second-order valence-corrected chi connectivity index (χ2v) is 7.83. The van der Waals surface area contributed by atoms with Crippen molar-refractivity contribution in [3.8, 4) is 5.75 Å². The first kappa shape index (κ1) is 17.3. The predicted octanol–water partition coefficient (Wildman–Crippen LogP) is 2.20. The molecular weight excluding hydrogens is 340 g/mol. The van der Waals surface area contributed by atoms with Crippen LogP contribution in [0.2, 0.25) is 0 Å². The van der Waals surface area contributed by atoms with Gasteiger partial charge < -0.3 is 9.64 Å². The number of amides is 1. The third-order valence-electron chi connectivity index (χ3n) is 4.25. The zero-order valence-electron chi connectivity index (χ0n) is 14.2. The molecule has 3 rings (SSSR count). The fourth-order valence-electron chi connectivity index (χ4n) is 2.81. The number of hydrogen-bond acceptors (Lipinski definition) is 4. The van der Waals surface area contributed by atoms with Gasteiger partial charge in [0.2, 0.25) is 15.9 Å². The van der Waals surface area contributed by atoms with E-state index in [9.17, 15) is 13.2 Å². The number of nitrogens with zero attached hydrogens (tertiary/aromatic N) is 1. The second kappa shape index (κ2) is 6.76. The highest BCUT2D eigenvalue weighted by molar-refractivity contribution is 7.92. The Balaban J connectivity index is 1.65. The highest BCUT2D eigenvalue weighted by atomic mass is 32.2. The van der Waals surface area contributed by atoms with E-state index < -0.39 is 10.0 Å². The number of fused-ring (bicyclic) bond motifs is 1. The van der Waals surface area contributed by atoms with Crippen molar-refractivity contribution >= 4 is 27.3 Å². The van der Waals surface area contributed by atoms with Crippen LogP contribution in [0.4, 0.5) is 11.4 Å². The van der Waals surface area contributed by atoms with E-state index in [1.165, 1.54) is 0 Å². The standard InChI is InChI=1S/C18H20N2O4S/c1-20-17-8-5-15(11-14(17)12-18(20)21)19-25(22,23)10-9-13-3-6-16(24-2)7-4-13/h3-8,11,19H,9-10,12H2,1-2H3. The molecular formula is C18H20N2O4S. The number of aryl methyl sites for hydroxylation is 1. The molecule has 6 nitrogen and oxygen atoms in total. The largest absolute Gasteiger partial charge is 0.497 e.